The summed E-state index contributed by atoms with van der Waals surface area (Å²) < 4.78 is 5.36. The van der Waals surface area contributed by atoms with Gasteiger partial charge in [-0.05, 0) is 61.1 Å². The lowest BCUT2D eigenvalue weighted by Crippen LogP contribution is -2.44. The molecule has 2 aromatic carbocycles. The number of amides is 3. The van der Waals surface area contributed by atoms with Crippen molar-refractivity contribution in [1.29, 1.82) is 0 Å². The third-order valence-corrected chi connectivity index (χ3v) is 6.30. The van der Waals surface area contributed by atoms with Crippen LogP contribution in [0.1, 0.15) is 35.2 Å². The summed E-state index contributed by atoms with van der Waals surface area (Å²) in [6.07, 6.45) is 2.60. The smallest absolute Gasteiger partial charge is 0.251 e. The molecule has 4 bridgehead atoms. The van der Waals surface area contributed by atoms with Crippen LogP contribution in [0.15, 0.2) is 42.5 Å². The first-order valence-corrected chi connectivity index (χ1v) is 11.8. The van der Waals surface area contributed by atoms with Gasteiger partial charge in [0.05, 0.1) is 19.1 Å². The van der Waals surface area contributed by atoms with Crippen LogP contribution < -0.4 is 10.6 Å². The van der Waals surface area contributed by atoms with Crippen LogP contribution in [0, 0.1) is 5.92 Å². The molecule has 0 radical (unpaired) electrons. The number of rotatable bonds is 1. The van der Waals surface area contributed by atoms with E-state index in [0.717, 1.165) is 11.1 Å². The molecule has 1 atom stereocenters. The Balaban J connectivity index is 1.53. The van der Waals surface area contributed by atoms with Crippen molar-refractivity contribution >= 4 is 17.7 Å². The van der Waals surface area contributed by atoms with Crippen LogP contribution >= 0.6 is 0 Å². The molecule has 3 N–H and O–H groups in total. The quantitative estimate of drug-likeness (QED) is 0.598. The lowest BCUT2D eigenvalue weighted by molar-refractivity contribution is -0.139. The molecule has 0 spiro atoms. The zero-order chi connectivity index (χ0) is 23.9. The number of nitrogens with one attached hydrogen (secondary N) is 2. The molecule has 180 valence electrons. The van der Waals surface area contributed by atoms with E-state index in [1.165, 1.54) is 0 Å². The van der Waals surface area contributed by atoms with E-state index in [-0.39, 0.29) is 35.9 Å². The van der Waals surface area contributed by atoms with Crippen LogP contribution in [0.2, 0.25) is 0 Å². The van der Waals surface area contributed by atoms with Gasteiger partial charge in [0, 0.05) is 37.4 Å². The Morgan fingerprint density at radius 2 is 1.88 bits per heavy atom. The average molecular weight is 466 g/mol. The minimum Gasteiger partial charge on any atom is -0.507 e. The van der Waals surface area contributed by atoms with Crippen molar-refractivity contribution in [3.8, 4) is 16.9 Å². The summed E-state index contributed by atoms with van der Waals surface area (Å²) in [6, 6.07) is 12.5. The Kier molecular flexibility index (Phi) is 7.80. The second-order valence-electron chi connectivity index (χ2n) is 8.82. The summed E-state index contributed by atoms with van der Waals surface area (Å²) in [6.45, 7) is 2.31. The number of carbonyl (C=O) groups excluding carboxylic acids is 3. The van der Waals surface area contributed by atoms with E-state index in [4.69, 9.17) is 4.74 Å². The number of ether oxygens (including phenoxy) is 1. The van der Waals surface area contributed by atoms with E-state index in [0.29, 0.717) is 69.7 Å². The molecule has 3 amide bonds. The second kappa shape index (κ2) is 11.2. The third-order valence-electron chi connectivity index (χ3n) is 6.30. The van der Waals surface area contributed by atoms with Gasteiger partial charge in [0.2, 0.25) is 11.8 Å². The van der Waals surface area contributed by atoms with Crippen molar-refractivity contribution in [2.24, 2.45) is 5.92 Å². The molecule has 2 aliphatic rings. The molecule has 1 unspecified atom stereocenters. The highest BCUT2D eigenvalue weighted by Gasteiger charge is 2.29. The average Bonchev–Trinajstić information content (AvgIpc) is 3.38. The zero-order valence-corrected chi connectivity index (χ0v) is 19.2. The maximum Gasteiger partial charge on any atom is 0.251 e. The van der Waals surface area contributed by atoms with Gasteiger partial charge in [-0.25, -0.2) is 0 Å². The molecular weight excluding hydrogens is 434 g/mol. The van der Waals surface area contributed by atoms with Crippen molar-refractivity contribution in [3.63, 3.8) is 0 Å². The molecule has 4 rings (SSSR count). The van der Waals surface area contributed by atoms with Crippen molar-refractivity contribution in [2.75, 3.05) is 39.4 Å². The maximum atomic E-state index is 12.9. The summed E-state index contributed by atoms with van der Waals surface area (Å²) in [4.78, 5) is 39.8. The number of aromatic hydroxyl groups is 1. The molecule has 0 saturated carbocycles. The van der Waals surface area contributed by atoms with E-state index < -0.39 is 0 Å². The zero-order valence-electron chi connectivity index (χ0n) is 19.2. The number of nitrogens with zero attached hydrogens (tertiary/aromatic N) is 1. The molecule has 2 aliphatic heterocycles. The Hall–Kier alpha value is -3.39. The normalized spacial score (nSPS) is 20.1. The number of hydrogen-bond donors (Lipinski definition) is 3. The van der Waals surface area contributed by atoms with E-state index in [2.05, 4.69) is 10.6 Å². The van der Waals surface area contributed by atoms with Gasteiger partial charge in [-0.1, -0.05) is 18.2 Å². The number of phenolic OH excluding ortho intramolecular Hbond substituents is 1. The van der Waals surface area contributed by atoms with E-state index in [1.54, 1.807) is 29.2 Å². The second-order valence-corrected chi connectivity index (χ2v) is 8.82. The van der Waals surface area contributed by atoms with Gasteiger partial charge in [-0.3, -0.25) is 14.4 Å². The monoisotopic (exact) mass is 465 g/mol. The first-order chi connectivity index (χ1) is 16.5. The first kappa shape index (κ1) is 23.8. The Labute approximate surface area is 199 Å². The standard InChI is InChI=1S/C26H31N3O5/c30-23-7-6-18-8-11-27-24(31)16-29(26(33)21-9-13-34-17-21)12-2-1-10-28-25(32)20-5-3-4-19(15-20)22(23)14-18/h3-7,14-15,21,30H,1-2,8-13,16-17H2,(H,27,31)(H,28,32). The largest absolute Gasteiger partial charge is 0.507 e. The van der Waals surface area contributed by atoms with Gasteiger partial charge in [0.1, 0.15) is 5.75 Å². The molecule has 8 heteroatoms. The van der Waals surface area contributed by atoms with Crippen molar-refractivity contribution in [1.82, 2.24) is 15.5 Å². The first-order valence-electron chi connectivity index (χ1n) is 11.8. The minimum absolute atomic E-state index is 0.00703. The fourth-order valence-electron chi connectivity index (χ4n) is 4.36. The van der Waals surface area contributed by atoms with Crippen LogP contribution in [0.3, 0.4) is 0 Å². The Morgan fingerprint density at radius 3 is 2.71 bits per heavy atom. The molecule has 1 saturated heterocycles. The SMILES string of the molecule is O=C1CN(C(=O)C2CCOC2)CCCCNC(=O)c2cccc(c2)-c2cc(ccc2O)CCN1. The number of phenols is 1. The van der Waals surface area contributed by atoms with Crippen molar-refractivity contribution in [3.05, 3.63) is 53.6 Å². The molecule has 0 aliphatic carbocycles. The fourth-order valence-corrected chi connectivity index (χ4v) is 4.36. The predicted octanol–water partition coefficient (Wildman–Crippen LogP) is 2.11. The highest BCUT2D eigenvalue weighted by Crippen LogP contribution is 2.30. The van der Waals surface area contributed by atoms with Crippen LogP contribution in [-0.2, 0) is 20.7 Å². The van der Waals surface area contributed by atoms with Gasteiger partial charge in [0.15, 0.2) is 0 Å². The number of fused-ring (bicyclic) bond motifs is 5. The van der Waals surface area contributed by atoms with E-state index in [1.807, 2.05) is 18.2 Å². The highest BCUT2D eigenvalue weighted by molar-refractivity contribution is 5.95. The molecule has 0 aromatic heterocycles. The molecule has 1 fully saturated rings. The Bertz CT molecular complexity index is 1050. The van der Waals surface area contributed by atoms with E-state index >= 15 is 0 Å². The van der Waals surface area contributed by atoms with Crippen LogP contribution in [0.5, 0.6) is 5.75 Å². The molecule has 34 heavy (non-hydrogen) atoms. The topological polar surface area (TPSA) is 108 Å². The summed E-state index contributed by atoms with van der Waals surface area (Å²) in [5.74, 6) is -0.508. The van der Waals surface area contributed by atoms with Crippen LogP contribution in [0.4, 0.5) is 0 Å². The van der Waals surface area contributed by atoms with Crippen molar-refractivity contribution < 1.29 is 24.2 Å². The van der Waals surface area contributed by atoms with Crippen LogP contribution in [-0.4, -0.2) is 67.1 Å². The highest BCUT2D eigenvalue weighted by atomic mass is 16.5. The van der Waals surface area contributed by atoms with Gasteiger partial charge >= 0.3 is 0 Å². The molecular formula is C26H31N3O5. The van der Waals surface area contributed by atoms with Gasteiger partial charge < -0.3 is 25.4 Å². The lowest BCUT2D eigenvalue weighted by atomic mass is 9.98. The number of hydrogen-bond acceptors (Lipinski definition) is 5. The minimum atomic E-state index is -0.201. The fraction of sp³-hybridized carbons (Fsp3) is 0.423. The summed E-state index contributed by atoms with van der Waals surface area (Å²) in [5, 5.41) is 16.2. The van der Waals surface area contributed by atoms with Gasteiger partial charge in [-0.2, -0.15) is 0 Å². The number of benzene rings is 2. The number of carbonyl (C=O) groups is 3. The Morgan fingerprint density at radius 1 is 1.03 bits per heavy atom. The van der Waals surface area contributed by atoms with Gasteiger partial charge in [-0.15, -0.1) is 0 Å². The van der Waals surface area contributed by atoms with Gasteiger partial charge in [0.25, 0.3) is 5.91 Å². The van der Waals surface area contributed by atoms with Crippen LogP contribution in [0.25, 0.3) is 11.1 Å². The van der Waals surface area contributed by atoms with Crippen molar-refractivity contribution in [2.45, 2.75) is 25.7 Å². The van der Waals surface area contributed by atoms with E-state index in [9.17, 15) is 19.5 Å². The summed E-state index contributed by atoms with van der Waals surface area (Å²) in [5.41, 5.74) is 2.85. The maximum absolute atomic E-state index is 12.9. The molecule has 8 nitrogen and oxygen atoms in total. The predicted molar refractivity (Wildman–Crippen MR) is 127 cm³/mol. The molecule has 2 heterocycles. The lowest BCUT2D eigenvalue weighted by Gasteiger charge is -2.25. The molecule has 2 aromatic rings. The summed E-state index contributed by atoms with van der Waals surface area (Å²) >= 11 is 0. The third kappa shape index (κ3) is 5.94. The summed E-state index contributed by atoms with van der Waals surface area (Å²) in [7, 11) is 0.